The minimum atomic E-state index is 0.0322. The molecule has 1 amide bonds. The van der Waals surface area contributed by atoms with Gasteiger partial charge in [-0.1, -0.05) is 42.5 Å². The third-order valence-electron chi connectivity index (χ3n) is 4.69. The predicted octanol–water partition coefficient (Wildman–Crippen LogP) is 3.62. The Morgan fingerprint density at radius 1 is 1.13 bits per heavy atom. The van der Waals surface area contributed by atoms with Crippen molar-refractivity contribution in [3.05, 3.63) is 65.2 Å². The van der Waals surface area contributed by atoms with E-state index in [2.05, 4.69) is 42.5 Å². The van der Waals surface area contributed by atoms with E-state index >= 15 is 0 Å². The normalized spacial score (nSPS) is 15.9. The number of hydrogen-bond acceptors (Lipinski definition) is 2. The van der Waals surface area contributed by atoms with E-state index < -0.39 is 0 Å². The highest BCUT2D eigenvalue weighted by Crippen LogP contribution is 2.29. The number of carbonyl (C=O) groups is 1. The molecular weight excluding hydrogens is 284 g/mol. The molecule has 0 spiro atoms. The van der Waals surface area contributed by atoms with Crippen LogP contribution in [0.3, 0.4) is 0 Å². The molecule has 0 aliphatic carbocycles. The van der Waals surface area contributed by atoms with Crippen molar-refractivity contribution in [1.29, 1.82) is 0 Å². The number of amides is 1. The van der Waals surface area contributed by atoms with Crippen LogP contribution in [-0.4, -0.2) is 13.0 Å². The summed E-state index contributed by atoms with van der Waals surface area (Å²) in [6, 6.07) is 16.8. The number of hydrogen-bond donors (Lipinski definition) is 1. The van der Waals surface area contributed by atoms with E-state index in [1.807, 2.05) is 13.1 Å². The molecule has 0 radical (unpaired) electrons. The van der Waals surface area contributed by atoms with Gasteiger partial charge in [-0.05, 0) is 48.4 Å². The fraction of sp³-hybridized carbons (Fsp3) is 0.350. The van der Waals surface area contributed by atoms with E-state index in [0.717, 1.165) is 31.4 Å². The van der Waals surface area contributed by atoms with Gasteiger partial charge in [-0.2, -0.15) is 0 Å². The molecule has 120 valence electrons. The van der Waals surface area contributed by atoms with E-state index in [4.69, 9.17) is 5.73 Å². The minimum Gasteiger partial charge on any atom is -0.324 e. The maximum Gasteiger partial charge on any atom is 0.226 e. The van der Waals surface area contributed by atoms with Crippen molar-refractivity contribution in [1.82, 2.24) is 0 Å². The number of benzene rings is 2. The average Bonchev–Trinajstić information content (AvgIpc) is 2.72. The van der Waals surface area contributed by atoms with Crippen molar-refractivity contribution in [3.8, 4) is 0 Å². The van der Waals surface area contributed by atoms with Crippen LogP contribution in [0.25, 0.3) is 0 Å². The topological polar surface area (TPSA) is 46.3 Å². The van der Waals surface area contributed by atoms with Crippen molar-refractivity contribution >= 4 is 11.6 Å². The molecule has 0 fully saturated rings. The van der Waals surface area contributed by atoms with Gasteiger partial charge >= 0.3 is 0 Å². The summed E-state index contributed by atoms with van der Waals surface area (Å²) in [5.74, 6) is 0.199. The lowest BCUT2D eigenvalue weighted by Crippen LogP contribution is -2.25. The van der Waals surface area contributed by atoms with Gasteiger partial charge in [0.2, 0.25) is 5.91 Å². The van der Waals surface area contributed by atoms with Crippen LogP contribution in [0.1, 0.15) is 42.0 Å². The van der Waals surface area contributed by atoms with Gasteiger partial charge in [-0.3, -0.25) is 4.79 Å². The number of rotatable bonds is 4. The zero-order valence-corrected chi connectivity index (χ0v) is 13.7. The highest BCUT2D eigenvalue weighted by molar-refractivity contribution is 5.94. The lowest BCUT2D eigenvalue weighted by Gasteiger charge is -2.20. The van der Waals surface area contributed by atoms with Gasteiger partial charge in [-0.25, -0.2) is 0 Å². The number of fused-ring (bicyclic) bond motifs is 1. The Labute approximate surface area is 138 Å². The Bertz CT molecular complexity index is 681. The van der Waals surface area contributed by atoms with Gasteiger partial charge in [0, 0.05) is 25.2 Å². The summed E-state index contributed by atoms with van der Waals surface area (Å²) < 4.78 is 0. The largest absolute Gasteiger partial charge is 0.324 e. The molecule has 0 bridgehead atoms. The molecule has 2 N–H and O–H groups in total. The first-order chi connectivity index (χ1) is 11.1. The Balaban J connectivity index is 1.73. The van der Waals surface area contributed by atoms with Crippen molar-refractivity contribution in [2.24, 2.45) is 5.73 Å². The zero-order valence-electron chi connectivity index (χ0n) is 13.7. The molecular formula is C20H24N2O. The second kappa shape index (κ2) is 6.97. The van der Waals surface area contributed by atoms with E-state index in [9.17, 15) is 4.79 Å². The fourth-order valence-electron chi connectivity index (χ4n) is 3.23. The van der Waals surface area contributed by atoms with Gasteiger partial charge in [0.05, 0.1) is 0 Å². The minimum absolute atomic E-state index is 0.0322. The van der Waals surface area contributed by atoms with Crippen molar-refractivity contribution in [3.63, 3.8) is 0 Å². The Morgan fingerprint density at radius 2 is 1.91 bits per heavy atom. The highest BCUT2D eigenvalue weighted by atomic mass is 16.2. The molecule has 0 saturated heterocycles. The van der Waals surface area contributed by atoms with Gasteiger partial charge in [0.25, 0.3) is 0 Å². The molecule has 1 unspecified atom stereocenters. The van der Waals surface area contributed by atoms with Crippen molar-refractivity contribution in [2.45, 2.75) is 38.1 Å². The third kappa shape index (κ3) is 3.62. The van der Waals surface area contributed by atoms with Gasteiger partial charge < -0.3 is 10.6 Å². The molecule has 1 atom stereocenters. The number of nitrogens with two attached hydrogens (primary N) is 1. The lowest BCUT2D eigenvalue weighted by molar-refractivity contribution is -0.118. The molecule has 1 heterocycles. The summed E-state index contributed by atoms with van der Waals surface area (Å²) in [6.45, 7) is 0. The highest BCUT2D eigenvalue weighted by Gasteiger charge is 2.19. The summed E-state index contributed by atoms with van der Waals surface area (Å²) in [7, 11) is 1.86. The van der Waals surface area contributed by atoms with Gasteiger partial charge in [0.15, 0.2) is 0 Å². The first kappa shape index (κ1) is 15.8. The van der Waals surface area contributed by atoms with Crippen LogP contribution in [0, 0.1) is 0 Å². The van der Waals surface area contributed by atoms with Crippen LogP contribution in [-0.2, 0) is 17.6 Å². The van der Waals surface area contributed by atoms with Crippen molar-refractivity contribution in [2.75, 3.05) is 11.9 Å². The zero-order chi connectivity index (χ0) is 16.2. The smallest absolute Gasteiger partial charge is 0.226 e. The van der Waals surface area contributed by atoms with Gasteiger partial charge in [0.1, 0.15) is 0 Å². The van der Waals surface area contributed by atoms with Crippen molar-refractivity contribution < 1.29 is 4.79 Å². The second-order valence-electron chi connectivity index (χ2n) is 6.33. The van der Waals surface area contributed by atoms with Crippen LogP contribution >= 0.6 is 0 Å². The van der Waals surface area contributed by atoms with E-state index in [-0.39, 0.29) is 11.9 Å². The molecule has 0 saturated carbocycles. The molecule has 2 aromatic carbocycles. The number of anilines is 1. The maximum atomic E-state index is 12.0. The van der Waals surface area contributed by atoms with Crippen LogP contribution in [0.2, 0.25) is 0 Å². The van der Waals surface area contributed by atoms with Gasteiger partial charge in [-0.15, -0.1) is 0 Å². The van der Waals surface area contributed by atoms with E-state index in [1.54, 1.807) is 4.90 Å². The number of aryl methyl sites for hydroxylation is 2. The fourth-order valence-corrected chi connectivity index (χ4v) is 3.23. The van der Waals surface area contributed by atoms with Crippen LogP contribution in [0.5, 0.6) is 0 Å². The van der Waals surface area contributed by atoms with Crippen LogP contribution in [0.15, 0.2) is 48.5 Å². The number of carbonyl (C=O) groups excluding carboxylic acids is 1. The molecule has 3 rings (SSSR count). The molecule has 3 nitrogen and oxygen atoms in total. The SMILES string of the molecule is CN1C(=O)CCCc2cc(C(N)CCc3ccccc3)ccc21. The average molecular weight is 308 g/mol. The predicted molar refractivity (Wildman–Crippen MR) is 94.5 cm³/mol. The van der Waals surface area contributed by atoms with Crippen LogP contribution < -0.4 is 10.6 Å². The molecule has 23 heavy (non-hydrogen) atoms. The molecule has 2 aromatic rings. The molecule has 1 aliphatic heterocycles. The Hall–Kier alpha value is -2.13. The summed E-state index contributed by atoms with van der Waals surface area (Å²) >= 11 is 0. The summed E-state index contributed by atoms with van der Waals surface area (Å²) in [5, 5.41) is 0. The molecule has 1 aliphatic rings. The Morgan fingerprint density at radius 3 is 2.70 bits per heavy atom. The first-order valence-corrected chi connectivity index (χ1v) is 8.34. The Kier molecular flexibility index (Phi) is 4.77. The summed E-state index contributed by atoms with van der Waals surface area (Å²) in [5.41, 5.74) is 11.2. The maximum absolute atomic E-state index is 12.0. The summed E-state index contributed by atoms with van der Waals surface area (Å²) in [4.78, 5) is 13.7. The monoisotopic (exact) mass is 308 g/mol. The second-order valence-corrected chi connectivity index (χ2v) is 6.33. The third-order valence-corrected chi connectivity index (χ3v) is 4.69. The molecule has 0 aromatic heterocycles. The van der Waals surface area contributed by atoms with E-state index in [1.165, 1.54) is 16.7 Å². The quantitative estimate of drug-likeness (QED) is 0.937. The first-order valence-electron chi connectivity index (χ1n) is 8.34. The molecule has 3 heteroatoms. The van der Waals surface area contributed by atoms with E-state index in [0.29, 0.717) is 6.42 Å². The van der Waals surface area contributed by atoms with Crippen LogP contribution in [0.4, 0.5) is 5.69 Å². The lowest BCUT2D eigenvalue weighted by atomic mass is 9.96. The number of nitrogens with zero attached hydrogens (tertiary/aromatic N) is 1. The standard InChI is InChI=1S/C20H24N2O/c1-22-19-13-11-16(14-17(19)8-5-9-20(22)23)18(21)12-10-15-6-3-2-4-7-15/h2-4,6-7,11,13-14,18H,5,8-10,12,21H2,1H3. The summed E-state index contributed by atoms with van der Waals surface area (Å²) in [6.07, 6.45) is 4.40.